The highest BCUT2D eigenvalue weighted by Gasteiger charge is 2.25. The van der Waals surface area contributed by atoms with Crippen LogP contribution in [0.2, 0.25) is 0 Å². The summed E-state index contributed by atoms with van der Waals surface area (Å²) < 4.78 is 23.0. The average Bonchev–Trinajstić information content (AvgIpc) is 3.65. The van der Waals surface area contributed by atoms with Crippen LogP contribution < -0.4 is 0 Å². The summed E-state index contributed by atoms with van der Waals surface area (Å²) in [5, 5.41) is 9.76. The number of hydrogen-bond acceptors (Lipinski definition) is 7. The van der Waals surface area contributed by atoms with Crippen molar-refractivity contribution in [2.24, 2.45) is 0 Å². The highest BCUT2D eigenvalue weighted by Crippen LogP contribution is 2.16. The van der Waals surface area contributed by atoms with Gasteiger partial charge in [0.25, 0.3) is 6.29 Å². The third-order valence-electron chi connectivity index (χ3n) is 14.7. The lowest BCUT2D eigenvalue weighted by molar-refractivity contribution is -0.870. The third-order valence-corrected chi connectivity index (χ3v) is 14.7. The van der Waals surface area contributed by atoms with Crippen LogP contribution in [0.3, 0.4) is 0 Å². The SMILES string of the molecule is CC/C=C\C/C=C\C/C=C\C/C=C\C/C=C\C/C=C\C/C=C\C/C=C\CCCCCCCCC(=O)OC(COC(=O)CCCCCCCCCCCCCCC/C=C\C/C=C\C/C=C\C/C=C\C/C=C\C/C=C\C/C=C\CC)COC(OCC[N+](C)(C)C)C(=O)O. The minimum atomic E-state index is -1.53. The predicted molar refractivity (Wildman–Crippen MR) is 391 cm³/mol. The number of carbonyl (C=O) groups excluding carboxylic acids is 2. The first-order valence-electron chi connectivity index (χ1n) is 35.9. The van der Waals surface area contributed by atoms with Gasteiger partial charge >= 0.3 is 17.9 Å². The van der Waals surface area contributed by atoms with Gasteiger partial charge in [-0.2, -0.15) is 0 Å². The Morgan fingerprint density at radius 2 is 0.593 bits per heavy atom. The molecule has 0 aromatic carbocycles. The zero-order chi connectivity index (χ0) is 66.1. The molecule has 0 aliphatic rings. The summed E-state index contributed by atoms with van der Waals surface area (Å²) >= 11 is 0. The average molecular weight is 1260 g/mol. The molecule has 9 nitrogen and oxygen atoms in total. The Balaban J connectivity index is 4.20. The topological polar surface area (TPSA) is 108 Å². The number of ether oxygens (including phenoxy) is 4. The number of nitrogens with zero attached hydrogens (tertiary/aromatic N) is 1. The number of aliphatic carboxylic acids is 1. The zero-order valence-electron chi connectivity index (χ0n) is 58.4. The Morgan fingerprint density at radius 3 is 0.879 bits per heavy atom. The first-order valence-corrected chi connectivity index (χ1v) is 35.9. The van der Waals surface area contributed by atoms with E-state index in [1.54, 1.807) is 0 Å². The monoisotopic (exact) mass is 1260 g/mol. The molecule has 2 unspecified atom stereocenters. The van der Waals surface area contributed by atoms with E-state index < -0.39 is 24.3 Å². The number of allylic oxidation sites excluding steroid dienone is 30. The van der Waals surface area contributed by atoms with E-state index in [0.717, 1.165) is 154 Å². The van der Waals surface area contributed by atoms with Crippen molar-refractivity contribution in [3.63, 3.8) is 0 Å². The first-order chi connectivity index (χ1) is 44.6. The molecule has 0 aliphatic heterocycles. The minimum Gasteiger partial charge on any atom is -0.477 e. The molecule has 0 radical (unpaired) electrons. The second kappa shape index (κ2) is 70.3. The smallest absolute Gasteiger partial charge is 0.361 e. The lowest BCUT2D eigenvalue weighted by Gasteiger charge is -2.25. The van der Waals surface area contributed by atoms with Crippen molar-refractivity contribution in [2.75, 3.05) is 47.5 Å². The molecule has 0 bridgehead atoms. The molecule has 9 heteroatoms. The molecule has 0 heterocycles. The number of carbonyl (C=O) groups is 3. The normalized spacial score (nSPS) is 13.8. The molecule has 91 heavy (non-hydrogen) atoms. The van der Waals surface area contributed by atoms with Crippen LogP contribution in [-0.4, -0.2) is 87.4 Å². The summed E-state index contributed by atoms with van der Waals surface area (Å²) in [5.41, 5.74) is 0. The third kappa shape index (κ3) is 71.7. The Hall–Kier alpha value is -5.61. The second-order valence-corrected chi connectivity index (χ2v) is 24.4. The van der Waals surface area contributed by atoms with Crippen molar-refractivity contribution in [1.82, 2.24) is 0 Å². The van der Waals surface area contributed by atoms with Gasteiger partial charge in [0.05, 0.1) is 34.4 Å². The largest absolute Gasteiger partial charge is 0.477 e. The maximum Gasteiger partial charge on any atom is 0.361 e. The van der Waals surface area contributed by atoms with Gasteiger partial charge in [0.2, 0.25) is 0 Å². The van der Waals surface area contributed by atoms with Gasteiger partial charge in [0.15, 0.2) is 6.10 Å². The lowest BCUT2D eigenvalue weighted by atomic mass is 10.0. The summed E-state index contributed by atoms with van der Waals surface area (Å²) in [5.74, 6) is -2.04. The molecule has 1 N–H and O–H groups in total. The van der Waals surface area contributed by atoms with Crippen molar-refractivity contribution in [3.05, 3.63) is 182 Å². The summed E-state index contributed by atoms with van der Waals surface area (Å²) in [6.45, 7) is 4.62. The van der Waals surface area contributed by atoms with Crippen LogP contribution >= 0.6 is 0 Å². The molecule has 0 rings (SSSR count). The zero-order valence-corrected chi connectivity index (χ0v) is 58.4. The van der Waals surface area contributed by atoms with E-state index in [1.165, 1.54) is 70.6 Å². The molecule has 512 valence electrons. The molecule has 0 spiro atoms. The predicted octanol–water partition coefficient (Wildman–Crippen LogP) is 22.8. The van der Waals surface area contributed by atoms with E-state index in [-0.39, 0.29) is 38.6 Å². The molecule has 0 fully saturated rings. The Morgan fingerprint density at radius 1 is 0.330 bits per heavy atom. The second-order valence-electron chi connectivity index (χ2n) is 24.4. The van der Waals surface area contributed by atoms with E-state index in [0.29, 0.717) is 17.4 Å². The van der Waals surface area contributed by atoms with Gasteiger partial charge in [-0.3, -0.25) is 9.59 Å². The molecule has 0 aromatic rings. The van der Waals surface area contributed by atoms with Crippen molar-refractivity contribution in [1.29, 1.82) is 0 Å². The van der Waals surface area contributed by atoms with Gasteiger partial charge in [-0.05, 0) is 135 Å². The molecule has 0 saturated carbocycles. The number of esters is 2. The Labute approximate surface area is 558 Å². The van der Waals surface area contributed by atoms with E-state index in [2.05, 4.69) is 196 Å². The van der Waals surface area contributed by atoms with Crippen LogP contribution in [0.15, 0.2) is 182 Å². The fourth-order valence-electron chi connectivity index (χ4n) is 9.25. The maximum absolute atomic E-state index is 13.0. The Bertz CT molecular complexity index is 2150. The van der Waals surface area contributed by atoms with E-state index in [9.17, 15) is 19.5 Å². The summed E-state index contributed by atoms with van der Waals surface area (Å²) in [6.07, 6.45) is 104. The van der Waals surface area contributed by atoms with Gasteiger partial charge in [-0.1, -0.05) is 292 Å². The fraction of sp³-hybridized carbons (Fsp3) is 0.598. The number of carboxylic acids is 1. The van der Waals surface area contributed by atoms with Crippen LogP contribution in [0.25, 0.3) is 0 Å². The Kier molecular flexibility index (Phi) is 65.9. The van der Waals surface area contributed by atoms with Gasteiger partial charge in [0, 0.05) is 12.8 Å². The van der Waals surface area contributed by atoms with Crippen LogP contribution in [0.4, 0.5) is 0 Å². The molecule has 0 aromatic heterocycles. The number of likely N-dealkylation sites (N-methyl/N-ethyl adjacent to an activating group) is 1. The van der Waals surface area contributed by atoms with Gasteiger partial charge in [0.1, 0.15) is 13.2 Å². The highest BCUT2D eigenvalue weighted by molar-refractivity contribution is 5.71. The van der Waals surface area contributed by atoms with Gasteiger partial charge in [-0.15, -0.1) is 0 Å². The summed E-state index contributed by atoms with van der Waals surface area (Å²) in [6, 6.07) is 0. The number of quaternary nitrogens is 1. The number of hydrogen-bond donors (Lipinski definition) is 1. The number of carboxylic acid groups (broad SMARTS) is 1. The molecule has 2 atom stereocenters. The first kappa shape index (κ1) is 85.4. The minimum absolute atomic E-state index is 0.175. The highest BCUT2D eigenvalue weighted by atomic mass is 16.7. The number of unbranched alkanes of at least 4 members (excludes halogenated alkanes) is 19. The number of rotatable bonds is 64. The summed E-state index contributed by atoms with van der Waals surface area (Å²) in [4.78, 5) is 37.7. The van der Waals surface area contributed by atoms with Crippen LogP contribution in [0.5, 0.6) is 0 Å². The fourth-order valence-corrected chi connectivity index (χ4v) is 9.25. The molecule has 0 amide bonds. The molecular weight excluding hydrogens is 1130 g/mol. The summed E-state index contributed by atoms with van der Waals surface area (Å²) in [7, 11) is 5.96. The standard InChI is InChI=1S/C82H131NO8/c1-6-8-10-12-14-16-18-20-22-24-26-28-30-32-34-36-38-39-40-41-43-44-46-48-50-52-54-56-58-60-62-64-66-68-70-72-79(84)89-76-78(77-90-82(81(86)87)88-75-74-83(3,4)5)91-80(85)73-71-69-67-65-63-61-59-57-55-53-51-49-47-45-42-37-35-33-31-29-27-25-23-21-19-17-15-13-11-9-7-2/h8-11,14-17,20-23,26-29,32-35,38-39,41-43,45,49,51,55,57,78,82H,6-7,12-13,18-19,24-25,30-31,36-37,40,44,46-48,50,52-54,56,58-77H2,1-5H3/p+1/b10-8-,11-9-,16-14-,17-15-,22-20-,23-21-,28-26-,29-27-,34-32-,35-33-,39-38-,43-41-,45-42-,51-49-,57-55-. The molecule has 0 aliphatic carbocycles. The van der Waals surface area contributed by atoms with Gasteiger partial charge < -0.3 is 28.5 Å². The quantitative estimate of drug-likeness (QED) is 0.0211. The van der Waals surface area contributed by atoms with E-state index in [4.69, 9.17) is 18.9 Å². The van der Waals surface area contributed by atoms with Crippen molar-refractivity contribution in [3.8, 4) is 0 Å². The van der Waals surface area contributed by atoms with E-state index >= 15 is 0 Å². The van der Waals surface area contributed by atoms with Crippen molar-refractivity contribution in [2.45, 2.75) is 270 Å². The lowest BCUT2D eigenvalue weighted by Crippen LogP contribution is -2.40. The molecule has 0 saturated heterocycles. The molecular formula is C82H132NO8+. The van der Waals surface area contributed by atoms with Gasteiger partial charge in [-0.25, -0.2) is 4.79 Å². The van der Waals surface area contributed by atoms with Crippen LogP contribution in [0.1, 0.15) is 258 Å². The van der Waals surface area contributed by atoms with E-state index in [1.807, 2.05) is 21.1 Å². The van der Waals surface area contributed by atoms with Crippen LogP contribution in [-0.2, 0) is 33.3 Å². The maximum atomic E-state index is 13.0. The van der Waals surface area contributed by atoms with Crippen LogP contribution in [0, 0.1) is 0 Å². The van der Waals surface area contributed by atoms with Crippen molar-refractivity contribution < 1.29 is 42.9 Å². The van der Waals surface area contributed by atoms with Crippen molar-refractivity contribution >= 4 is 17.9 Å².